The Morgan fingerprint density at radius 2 is 1.91 bits per heavy atom. The van der Waals surface area contributed by atoms with Crippen LogP contribution in [-0.2, 0) is 14.3 Å². The Balaban J connectivity index is 0. The second-order valence-electron chi connectivity index (χ2n) is 2.96. The first-order valence-electron chi connectivity index (χ1n) is 3.11. The Bertz CT molecular complexity index is 137. The summed E-state index contributed by atoms with van der Waals surface area (Å²) in [5, 5.41) is 0. The van der Waals surface area contributed by atoms with E-state index in [2.05, 4.69) is 0 Å². The molecule has 0 saturated heterocycles. The number of carbonyl (C=O) groups is 2. The minimum absolute atomic E-state index is 0. The fourth-order valence-corrected chi connectivity index (χ4v) is 0.451. The number of aldehydes is 1. The van der Waals surface area contributed by atoms with Crippen LogP contribution in [0, 0.1) is 0 Å². The van der Waals surface area contributed by atoms with Gasteiger partial charge in [-0.15, -0.1) is 0 Å². The standard InChI is InChI=1S/C7H12O3.K.H/c1-7(2,3)10-6(9)4-5-8;;/h5H,4H2,1-3H3;;. The third kappa shape index (κ3) is 10.8. The van der Waals surface area contributed by atoms with Crippen LogP contribution in [0.3, 0.4) is 0 Å². The summed E-state index contributed by atoms with van der Waals surface area (Å²) in [7, 11) is 0. The zero-order chi connectivity index (χ0) is 8.20. The molecule has 0 unspecified atom stereocenters. The zero-order valence-electron chi connectivity index (χ0n) is 6.51. The van der Waals surface area contributed by atoms with E-state index in [9.17, 15) is 9.59 Å². The first kappa shape index (κ1) is 14.3. The van der Waals surface area contributed by atoms with Crippen LogP contribution in [0.4, 0.5) is 0 Å². The van der Waals surface area contributed by atoms with Crippen molar-refractivity contribution in [2.45, 2.75) is 32.8 Å². The number of esters is 1. The fourth-order valence-electron chi connectivity index (χ4n) is 0.451. The van der Waals surface area contributed by atoms with Gasteiger partial charge >= 0.3 is 57.4 Å². The molecule has 0 aliphatic heterocycles. The molecule has 11 heavy (non-hydrogen) atoms. The first-order chi connectivity index (χ1) is 4.45. The Hall–Kier alpha value is 0.776. The van der Waals surface area contributed by atoms with Crippen LogP contribution in [0.2, 0.25) is 0 Å². The van der Waals surface area contributed by atoms with Crippen molar-refractivity contribution in [3.8, 4) is 0 Å². The van der Waals surface area contributed by atoms with Gasteiger partial charge in [0.15, 0.2) is 0 Å². The topological polar surface area (TPSA) is 43.4 Å². The molecule has 0 heterocycles. The Kier molecular flexibility index (Phi) is 8.21. The third-order valence-electron chi connectivity index (χ3n) is 0.670. The summed E-state index contributed by atoms with van der Waals surface area (Å²) in [5.41, 5.74) is -0.486. The van der Waals surface area contributed by atoms with E-state index in [1.807, 2.05) is 0 Å². The van der Waals surface area contributed by atoms with E-state index < -0.39 is 11.6 Å². The fraction of sp³-hybridized carbons (Fsp3) is 0.714. The van der Waals surface area contributed by atoms with Crippen molar-refractivity contribution in [1.29, 1.82) is 0 Å². The van der Waals surface area contributed by atoms with Gasteiger partial charge in [-0.3, -0.25) is 4.79 Å². The normalized spacial score (nSPS) is 9.73. The summed E-state index contributed by atoms with van der Waals surface area (Å²) in [4.78, 5) is 20.4. The van der Waals surface area contributed by atoms with Crippen LogP contribution < -0.4 is 0 Å². The number of hydrogen-bond donors (Lipinski definition) is 0. The molecule has 0 N–H and O–H groups in total. The minimum atomic E-state index is -0.486. The predicted molar refractivity (Wildman–Crippen MR) is 43.7 cm³/mol. The Morgan fingerprint density at radius 1 is 1.45 bits per heavy atom. The molecule has 0 aromatic carbocycles. The molecule has 0 aromatic rings. The molecule has 60 valence electrons. The van der Waals surface area contributed by atoms with Gasteiger partial charge in [0, 0.05) is 0 Å². The summed E-state index contributed by atoms with van der Waals surface area (Å²) in [6.45, 7) is 5.28. The Labute approximate surface area is 109 Å². The predicted octanol–water partition coefficient (Wildman–Crippen LogP) is 0.269. The number of hydrogen-bond acceptors (Lipinski definition) is 3. The van der Waals surface area contributed by atoms with Gasteiger partial charge in [-0.05, 0) is 20.8 Å². The average molecular weight is 184 g/mol. The van der Waals surface area contributed by atoms with Crippen LogP contribution in [0.15, 0.2) is 0 Å². The summed E-state index contributed by atoms with van der Waals surface area (Å²) in [6, 6.07) is 0. The molecular weight excluding hydrogens is 171 g/mol. The van der Waals surface area contributed by atoms with Crippen LogP contribution >= 0.6 is 0 Å². The van der Waals surface area contributed by atoms with Gasteiger partial charge in [0.25, 0.3) is 0 Å². The molecule has 0 aliphatic rings. The molecule has 0 fully saturated rings. The third-order valence-corrected chi connectivity index (χ3v) is 0.670. The Morgan fingerprint density at radius 3 is 2.18 bits per heavy atom. The molecular formula is C7H13KO3. The molecule has 0 atom stereocenters. The molecule has 0 spiro atoms. The van der Waals surface area contributed by atoms with E-state index in [-0.39, 0.29) is 57.8 Å². The van der Waals surface area contributed by atoms with Crippen LogP contribution in [0.25, 0.3) is 0 Å². The van der Waals surface area contributed by atoms with E-state index >= 15 is 0 Å². The maximum absolute atomic E-state index is 10.6. The van der Waals surface area contributed by atoms with E-state index in [4.69, 9.17) is 4.74 Å². The van der Waals surface area contributed by atoms with Crippen molar-refractivity contribution < 1.29 is 14.3 Å². The molecule has 0 rings (SSSR count). The van der Waals surface area contributed by atoms with Crippen LogP contribution in [0.5, 0.6) is 0 Å². The van der Waals surface area contributed by atoms with Gasteiger partial charge in [-0.2, -0.15) is 0 Å². The first-order valence-corrected chi connectivity index (χ1v) is 3.11. The van der Waals surface area contributed by atoms with Gasteiger partial charge in [0.1, 0.15) is 18.3 Å². The molecule has 0 aromatic heterocycles. The van der Waals surface area contributed by atoms with E-state index in [0.29, 0.717) is 6.29 Å². The number of rotatable bonds is 2. The van der Waals surface area contributed by atoms with Crippen molar-refractivity contribution in [3.63, 3.8) is 0 Å². The van der Waals surface area contributed by atoms with Gasteiger partial charge in [0.05, 0.1) is 0 Å². The maximum atomic E-state index is 10.6. The van der Waals surface area contributed by atoms with Crippen LogP contribution in [-0.4, -0.2) is 69.2 Å². The molecule has 0 radical (unpaired) electrons. The van der Waals surface area contributed by atoms with Crippen molar-refractivity contribution in [1.82, 2.24) is 0 Å². The van der Waals surface area contributed by atoms with E-state index in [1.165, 1.54) is 0 Å². The van der Waals surface area contributed by atoms with Crippen molar-refractivity contribution in [2.24, 2.45) is 0 Å². The quantitative estimate of drug-likeness (QED) is 0.268. The van der Waals surface area contributed by atoms with Gasteiger partial charge in [-0.25, -0.2) is 0 Å². The SMILES string of the molecule is CC(C)(C)OC(=O)CC=O.[KH]. The molecule has 0 aliphatic carbocycles. The van der Waals surface area contributed by atoms with Gasteiger partial charge in [0.2, 0.25) is 0 Å². The average Bonchev–Trinajstić information content (AvgIpc) is 1.59. The molecule has 0 saturated carbocycles. The summed E-state index contributed by atoms with van der Waals surface area (Å²) >= 11 is 0. The monoisotopic (exact) mass is 184 g/mol. The van der Waals surface area contributed by atoms with Gasteiger partial charge < -0.3 is 9.53 Å². The zero-order valence-corrected chi connectivity index (χ0v) is 6.51. The van der Waals surface area contributed by atoms with Crippen molar-refractivity contribution in [3.05, 3.63) is 0 Å². The molecule has 4 heteroatoms. The van der Waals surface area contributed by atoms with Gasteiger partial charge in [-0.1, -0.05) is 0 Å². The van der Waals surface area contributed by atoms with Crippen molar-refractivity contribution in [2.75, 3.05) is 0 Å². The number of ether oxygens (including phenoxy) is 1. The molecule has 3 nitrogen and oxygen atoms in total. The van der Waals surface area contributed by atoms with Crippen LogP contribution in [0.1, 0.15) is 27.2 Å². The second kappa shape index (κ2) is 6.31. The summed E-state index contributed by atoms with van der Waals surface area (Å²) in [6.07, 6.45) is 0.380. The summed E-state index contributed by atoms with van der Waals surface area (Å²) < 4.78 is 4.81. The van der Waals surface area contributed by atoms with E-state index in [1.54, 1.807) is 20.8 Å². The summed E-state index contributed by atoms with van der Waals surface area (Å²) in [5.74, 6) is -0.470. The van der Waals surface area contributed by atoms with Crippen molar-refractivity contribution >= 4 is 63.6 Å². The molecule has 0 bridgehead atoms. The van der Waals surface area contributed by atoms with E-state index in [0.717, 1.165) is 0 Å². The number of carbonyl (C=O) groups excluding carboxylic acids is 2. The molecule has 0 amide bonds. The second-order valence-corrected chi connectivity index (χ2v) is 2.96.